The zero-order valence-electron chi connectivity index (χ0n) is 11.3. The minimum atomic E-state index is -0.531. The van der Waals surface area contributed by atoms with Gasteiger partial charge in [0.25, 0.3) is 5.91 Å². The van der Waals surface area contributed by atoms with Gasteiger partial charge in [-0.05, 0) is 29.8 Å². The van der Waals surface area contributed by atoms with Crippen molar-refractivity contribution in [2.24, 2.45) is 5.73 Å². The van der Waals surface area contributed by atoms with E-state index in [1.807, 2.05) is 30.3 Å². The van der Waals surface area contributed by atoms with Gasteiger partial charge in [0.05, 0.1) is 6.54 Å². The molecule has 0 atom stereocenters. The van der Waals surface area contributed by atoms with E-state index >= 15 is 0 Å². The number of hydrogen-bond acceptors (Lipinski definition) is 2. The fourth-order valence-electron chi connectivity index (χ4n) is 1.97. The molecule has 0 radical (unpaired) electrons. The number of nitrogens with zero attached hydrogens (tertiary/aromatic N) is 1. The predicted octanol–water partition coefficient (Wildman–Crippen LogP) is 2.58. The molecule has 0 saturated heterocycles. The molecule has 0 spiro atoms. The average molecular weight is 347 g/mol. The molecule has 21 heavy (non-hydrogen) atoms. The van der Waals surface area contributed by atoms with Gasteiger partial charge in [-0.2, -0.15) is 0 Å². The lowest BCUT2D eigenvalue weighted by molar-refractivity contribution is -0.118. The van der Waals surface area contributed by atoms with Crippen LogP contribution in [-0.2, 0) is 11.3 Å². The Labute approximate surface area is 131 Å². The lowest BCUT2D eigenvalue weighted by Gasteiger charge is -2.21. The highest BCUT2D eigenvalue weighted by Gasteiger charge is 2.18. The number of carbonyl (C=O) groups is 2. The van der Waals surface area contributed by atoms with Gasteiger partial charge < -0.3 is 10.6 Å². The molecule has 2 amide bonds. The van der Waals surface area contributed by atoms with Crippen molar-refractivity contribution >= 4 is 27.7 Å². The van der Waals surface area contributed by atoms with E-state index in [0.717, 1.165) is 10.0 Å². The molecule has 0 aliphatic rings. The number of carbonyl (C=O) groups excluding carboxylic acids is 2. The average Bonchev–Trinajstić information content (AvgIpc) is 2.47. The molecule has 2 N–H and O–H groups in total. The van der Waals surface area contributed by atoms with Crippen LogP contribution in [0.1, 0.15) is 15.9 Å². The normalized spacial score (nSPS) is 10.1. The summed E-state index contributed by atoms with van der Waals surface area (Å²) in [4.78, 5) is 25.2. The van der Waals surface area contributed by atoms with Crippen LogP contribution in [0.3, 0.4) is 0 Å². The number of halogens is 1. The molecule has 0 unspecified atom stereocenters. The summed E-state index contributed by atoms with van der Waals surface area (Å²) in [5, 5.41) is 0. The summed E-state index contributed by atoms with van der Waals surface area (Å²) in [6, 6.07) is 16.5. The molecular formula is C16H15BrN2O2. The van der Waals surface area contributed by atoms with Crippen LogP contribution in [-0.4, -0.2) is 23.3 Å². The number of amides is 2. The van der Waals surface area contributed by atoms with E-state index < -0.39 is 5.91 Å². The number of hydrogen-bond donors (Lipinski definition) is 1. The topological polar surface area (TPSA) is 63.4 Å². The predicted molar refractivity (Wildman–Crippen MR) is 84.5 cm³/mol. The summed E-state index contributed by atoms with van der Waals surface area (Å²) in [6.07, 6.45) is 0. The van der Waals surface area contributed by atoms with Crippen LogP contribution < -0.4 is 5.73 Å². The molecule has 0 fully saturated rings. The molecule has 2 aromatic carbocycles. The van der Waals surface area contributed by atoms with Crippen LogP contribution in [0, 0.1) is 0 Å². The van der Waals surface area contributed by atoms with Crippen molar-refractivity contribution in [1.29, 1.82) is 0 Å². The van der Waals surface area contributed by atoms with Crippen LogP contribution >= 0.6 is 15.9 Å². The van der Waals surface area contributed by atoms with Gasteiger partial charge in [-0.3, -0.25) is 9.59 Å². The van der Waals surface area contributed by atoms with Gasteiger partial charge in [0, 0.05) is 16.6 Å². The maximum absolute atomic E-state index is 12.5. The van der Waals surface area contributed by atoms with Crippen LogP contribution in [0.4, 0.5) is 0 Å². The van der Waals surface area contributed by atoms with E-state index in [1.54, 1.807) is 24.3 Å². The molecule has 2 aromatic rings. The molecular weight excluding hydrogens is 332 g/mol. The summed E-state index contributed by atoms with van der Waals surface area (Å²) < 4.78 is 0.892. The molecule has 0 aliphatic heterocycles. The van der Waals surface area contributed by atoms with Gasteiger partial charge >= 0.3 is 0 Å². The molecule has 0 bridgehead atoms. The fourth-order valence-corrected chi connectivity index (χ4v) is 2.23. The number of primary amides is 1. The van der Waals surface area contributed by atoms with Gasteiger partial charge in [-0.25, -0.2) is 0 Å². The molecule has 108 valence electrons. The second-order valence-corrected chi connectivity index (χ2v) is 5.54. The summed E-state index contributed by atoms with van der Waals surface area (Å²) in [6.45, 7) is 0.239. The molecule has 0 heterocycles. The third-order valence-corrected chi connectivity index (χ3v) is 3.47. The second kappa shape index (κ2) is 7.04. The quantitative estimate of drug-likeness (QED) is 0.904. The van der Waals surface area contributed by atoms with Crippen LogP contribution in [0.2, 0.25) is 0 Å². The fraction of sp³-hybridized carbons (Fsp3) is 0.125. The SMILES string of the molecule is NC(=O)CN(Cc1ccccc1)C(=O)c1ccc(Br)cc1. The lowest BCUT2D eigenvalue weighted by atomic mass is 10.1. The monoisotopic (exact) mass is 346 g/mol. The minimum absolute atomic E-state index is 0.107. The van der Waals surface area contributed by atoms with Gasteiger partial charge in [0.2, 0.25) is 5.91 Å². The highest BCUT2D eigenvalue weighted by molar-refractivity contribution is 9.10. The van der Waals surface area contributed by atoms with Gasteiger partial charge in [-0.1, -0.05) is 46.3 Å². The van der Waals surface area contributed by atoms with Crippen molar-refractivity contribution in [1.82, 2.24) is 4.90 Å². The molecule has 4 nitrogen and oxygen atoms in total. The van der Waals surface area contributed by atoms with Gasteiger partial charge in [-0.15, -0.1) is 0 Å². The molecule has 0 saturated carbocycles. The third-order valence-electron chi connectivity index (χ3n) is 2.94. The zero-order valence-corrected chi connectivity index (χ0v) is 12.9. The van der Waals surface area contributed by atoms with Crippen molar-refractivity contribution in [3.8, 4) is 0 Å². The standard InChI is InChI=1S/C16H15BrN2O2/c17-14-8-6-13(7-9-14)16(21)19(11-15(18)20)10-12-4-2-1-3-5-12/h1-9H,10-11H2,(H2,18,20). The molecule has 0 aromatic heterocycles. The highest BCUT2D eigenvalue weighted by atomic mass is 79.9. The van der Waals surface area contributed by atoms with Crippen molar-refractivity contribution in [3.05, 3.63) is 70.2 Å². The number of rotatable bonds is 5. The van der Waals surface area contributed by atoms with Crippen molar-refractivity contribution in [3.63, 3.8) is 0 Å². The Balaban J connectivity index is 2.20. The Morgan fingerprint density at radius 3 is 2.19 bits per heavy atom. The first kappa shape index (κ1) is 15.3. The molecule has 0 aliphatic carbocycles. The van der Waals surface area contributed by atoms with Crippen molar-refractivity contribution in [2.75, 3.05) is 6.54 Å². The maximum Gasteiger partial charge on any atom is 0.254 e. The first-order valence-corrected chi connectivity index (χ1v) is 7.22. The van der Waals surface area contributed by atoms with Crippen LogP contribution in [0.5, 0.6) is 0 Å². The van der Waals surface area contributed by atoms with E-state index in [-0.39, 0.29) is 12.5 Å². The second-order valence-electron chi connectivity index (χ2n) is 4.62. The maximum atomic E-state index is 12.5. The smallest absolute Gasteiger partial charge is 0.254 e. The third kappa shape index (κ3) is 4.43. The van der Waals surface area contributed by atoms with E-state index in [0.29, 0.717) is 12.1 Å². The van der Waals surface area contributed by atoms with E-state index in [9.17, 15) is 9.59 Å². The largest absolute Gasteiger partial charge is 0.368 e. The summed E-state index contributed by atoms with van der Waals surface area (Å²) in [5.74, 6) is -0.749. The Morgan fingerprint density at radius 2 is 1.62 bits per heavy atom. The summed E-state index contributed by atoms with van der Waals surface area (Å²) in [5.41, 5.74) is 6.72. The van der Waals surface area contributed by atoms with Crippen LogP contribution in [0.25, 0.3) is 0 Å². The summed E-state index contributed by atoms with van der Waals surface area (Å²) >= 11 is 3.33. The van der Waals surface area contributed by atoms with Gasteiger partial charge in [0.15, 0.2) is 0 Å². The van der Waals surface area contributed by atoms with Crippen molar-refractivity contribution < 1.29 is 9.59 Å². The highest BCUT2D eigenvalue weighted by Crippen LogP contribution is 2.14. The number of nitrogens with two attached hydrogens (primary N) is 1. The van der Waals surface area contributed by atoms with E-state index in [2.05, 4.69) is 15.9 Å². The Kier molecular flexibility index (Phi) is 5.11. The molecule has 5 heteroatoms. The first-order valence-electron chi connectivity index (χ1n) is 6.43. The Morgan fingerprint density at radius 1 is 1.00 bits per heavy atom. The summed E-state index contributed by atoms with van der Waals surface area (Å²) in [7, 11) is 0. The Hall–Kier alpha value is -2.14. The van der Waals surface area contributed by atoms with Crippen molar-refractivity contribution in [2.45, 2.75) is 6.54 Å². The van der Waals surface area contributed by atoms with E-state index in [1.165, 1.54) is 4.90 Å². The first-order chi connectivity index (χ1) is 10.1. The van der Waals surface area contributed by atoms with E-state index in [4.69, 9.17) is 5.73 Å². The zero-order chi connectivity index (χ0) is 15.2. The van der Waals surface area contributed by atoms with Gasteiger partial charge in [0.1, 0.15) is 0 Å². The van der Waals surface area contributed by atoms with Crippen LogP contribution in [0.15, 0.2) is 59.1 Å². The molecule has 2 rings (SSSR count). The number of benzene rings is 2. The Bertz CT molecular complexity index is 626. The minimum Gasteiger partial charge on any atom is -0.368 e. The lowest BCUT2D eigenvalue weighted by Crippen LogP contribution is -2.38.